The number of aromatic nitrogens is 1. The molecule has 2 aliphatic rings. The van der Waals surface area contributed by atoms with Crippen molar-refractivity contribution in [2.24, 2.45) is 11.3 Å². The second-order valence-electron chi connectivity index (χ2n) is 13.1. The first-order chi connectivity index (χ1) is 20.6. The van der Waals surface area contributed by atoms with Crippen LogP contribution in [-0.4, -0.2) is 74.6 Å². The van der Waals surface area contributed by atoms with E-state index in [9.17, 15) is 29.4 Å². The van der Waals surface area contributed by atoms with Gasteiger partial charge in [-0.15, -0.1) is 11.3 Å². The van der Waals surface area contributed by atoms with E-state index in [1.54, 1.807) is 5.51 Å². The van der Waals surface area contributed by atoms with Crippen molar-refractivity contribution in [1.82, 2.24) is 20.5 Å². The van der Waals surface area contributed by atoms with E-state index in [-0.39, 0.29) is 30.9 Å². The largest absolute Gasteiger partial charge is 0.490 e. The maximum atomic E-state index is 13.7. The number of nitrogens with zero attached hydrogens (tertiary/aromatic N) is 2. The Morgan fingerprint density at radius 2 is 1.80 bits per heavy atom. The number of ether oxygens (including phenoxy) is 1. The van der Waals surface area contributed by atoms with Gasteiger partial charge in [-0.1, -0.05) is 32.9 Å². The van der Waals surface area contributed by atoms with Crippen LogP contribution in [0.1, 0.15) is 84.0 Å². The fourth-order valence-corrected chi connectivity index (χ4v) is 6.84. The van der Waals surface area contributed by atoms with Gasteiger partial charge in [0.1, 0.15) is 17.8 Å². The molecule has 0 spiro atoms. The van der Waals surface area contributed by atoms with E-state index in [1.807, 2.05) is 52.8 Å². The van der Waals surface area contributed by atoms with Crippen LogP contribution in [0.25, 0.3) is 10.4 Å². The lowest BCUT2D eigenvalue weighted by Gasteiger charge is -2.35. The number of carboxylic acids is 1. The topological polar surface area (TPSA) is 158 Å². The first kappa shape index (κ1) is 33.4. The summed E-state index contributed by atoms with van der Waals surface area (Å²) in [7, 11) is 0. The van der Waals surface area contributed by atoms with Gasteiger partial charge >= 0.3 is 5.97 Å². The zero-order valence-corrected chi connectivity index (χ0v) is 27.1. The minimum Gasteiger partial charge on any atom is -0.490 e. The highest BCUT2D eigenvalue weighted by molar-refractivity contribution is 7.13. The van der Waals surface area contributed by atoms with E-state index < -0.39 is 47.4 Å². The molecule has 1 aliphatic heterocycles. The van der Waals surface area contributed by atoms with Crippen molar-refractivity contribution < 1.29 is 34.1 Å². The Kier molecular flexibility index (Phi) is 10.3. The number of aliphatic hydroxyl groups excluding tert-OH is 1. The monoisotopic (exact) mass is 628 g/mol. The predicted molar refractivity (Wildman–Crippen MR) is 166 cm³/mol. The number of nitrogens with one attached hydrogen (secondary N) is 2. The summed E-state index contributed by atoms with van der Waals surface area (Å²) in [4.78, 5) is 57.4. The summed E-state index contributed by atoms with van der Waals surface area (Å²) >= 11 is 1.52. The van der Waals surface area contributed by atoms with Gasteiger partial charge in [0.15, 0.2) is 0 Å². The van der Waals surface area contributed by atoms with Crippen molar-refractivity contribution in [2.45, 2.75) is 104 Å². The molecule has 12 heteroatoms. The normalized spacial score (nSPS) is 23.5. The van der Waals surface area contributed by atoms with E-state index in [2.05, 4.69) is 15.6 Å². The number of aliphatic hydroxyl groups is 1. The number of carboxylic acid groups (broad SMARTS) is 1. The van der Waals surface area contributed by atoms with Crippen LogP contribution < -0.4 is 15.4 Å². The number of aliphatic carboxylic acids is 1. The van der Waals surface area contributed by atoms with Crippen molar-refractivity contribution >= 4 is 35.0 Å². The molecule has 11 nitrogen and oxygen atoms in total. The minimum atomic E-state index is -0.909. The third kappa shape index (κ3) is 7.76. The molecule has 44 heavy (non-hydrogen) atoms. The van der Waals surface area contributed by atoms with Crippen LogP contribution in [0.3, 0.4) is 0 Å². The summed E-state index contributed by atoms with van der Waals surface area (Å²) in [5.74, 6) is -1.72. The summed E-state index contributed by atoms with van der Waals surface area (Å²) in [6.07, 6.45) is 1.36. The van der Waals surface area contributed by atoms with Crippen LogP contribution in [0, 0.1) is 18.3 Å². The second-order valence-corrected chi connectivity index (χ2v) is 13.9. The summed E-state index contributed by atoms with van der Waals surface area (Å²) in [6.45, 7) is 10.6. The molecular weight excluding hydrogens is 584 g/mol. The Balaban J connectivity index is 1.56. The van der Waals surface area contributed by atoms with Gasteiger partial charge < -0.3 is 30.5 Å². The van der Waals surface area contributed by atoms with Gasteiger partial charge in [0.05, 0.1) is 40.2 Å². The number of carbonyl (C=O) groups is 4. The highest BCUT2D eigenvalue weighted by Crippen LogP contribution is 2.37. The van der Waals surface area contributed by atoms with Crippen molar-refractivity contribution in [3.05, 3.63) is 35.0 Å². The standard InChI is InChI=1S/C32H44N4O7S/c1-17(34-29(39)25-14-22(38)15-36(25)30(40)28(32(4,5)6)35-19(3)37)24-12-9-21(27-18(2)33-16-44-27)13-26(24)43-23-10-7-20(8-11-23)31(41)42/h9,12-13,16-17,20,22-23,25,28,38H,7-8,10-11,14-15H2,1-6H3,(H,34,39)(H,35,37)(H,41,42)/t17-,20?,22+,23?,25-,28+/m0/s1. The van der Waals surface area contributed by atoms with E-state index in [1.165, 1.54) is 23.2 Å². The molecule has 240 valence electrons. The average Bonchev–Trinajstić information content (AvgIpc) is 3.56. The smallest absolute Gasteiger partial charge is 0.306 e. The quantitative estimate of drug-likeness (QED) is 0.326. The van der Waals surface area contributed by atoms with Gasteiger partial charge in [0, 0.05) is 25.5 Å². The SMILES string of the molecule is CC(=O)N[C@H](C(=O)N1C[C@H](O)C[C@H]1C(=O)N[C@@H](C)c1ccc(-c2scnc2C)cc1OC1CCC(C(=O)O)CC1)C(C)(C)C. The fourth-order valence-electron chi connectivity index (χ4n) is 6.03. The van der Waals surface area contributed by atoms with Gasteiger partial charge in [-0.05, 0) is 56.6 Å². The van der Waals surface area contributed by atoms with Crippen LogP contribution in [0.5, 0.6) is 5.75 Å². The first-order valence-corrected chi connectivity index (χ1v) is 16.0. The molecule has 0 bridgehead atoms. The number of β-amino-alcohol motifs (C(OH)–C–C–N with tert-alkyl or cyclic N) is 1. The maximum Gasteiger partial charge on any atom is 0.306 e. The van der Waals surface area contributed by atoms with Crippen LogP contribution in [0.4, 0.5) is 0 Å². The lowest BCUT2D eigenvalue weighted by Crippen LogP contribution is -2.57. The zero-order valence-electron chi connectivity index (χ0n) is 26.3. The number of thiazole rings is 1. The number of carbonyl (C=O) groups excluding carboxylic acids is 3. The van der Waals surface area contributed by atoms with Crippen LogP contribution in [-0.2, 0) is 19.2 Å². The van der Waals surface area contributed by atoms with Gasteiger partial charge in [0.2, 0.25) is 17.7 Å². The van der Waals surface area contributed by atoms with E-state index in [0.717, 1.165) is 21.7 Å². The lowest BCUT2D eigenvalue weighted by atomic mass is 9.85. The summed E-state index contributed by atoms with van der Waals surface area (Å²) in [5, 5.41) is 25.6. The predicted octanol–water partition coefficient (Wildman–Crippen LogP) is 3.83. The van der Waals surface area contributed by atoms with E-state index in [4.69, 9.17) is 4.74 Å². The Hall–Kier alpha value is -3.51. The Labute approximate surface area is 262 Å². The van der Waals surface area contributed by atoms with Crippen LogP contribution in [0.2, 0.25) is 0 Å². The molecule has 1 aromatic carbocycles. The molecule has 4 N–H and O–H groups in total. The molecule has 2 fully saturated rings. The number of benzene rings is 1. The van der Waals surface area contributed by atoms with Crippen molar-refractivity contribution in [2.75, 3.05) is 6.54 Å². The first-order valence-electron chi connectivity index (χ1n) is 15.2. The molecule has 2 heterocycles. The van der Waals surface area contributed by atoms with Crippen molar-refractivity contribution in [3.63, 3.8) is 0 Å². The second kappa shape index (κ2) is 13.6. The molecule has 1 saturated heterocycles. The van der Waals surface area contributed by atoms with Gasteiger partial charge in [-0.25, -0.2) is 4.98 Å². The highest BCUT2D eigenvalue weighted by Gasteiger charge is 2.44. The molecule has 2 aromatic rings. The van der Waals surface area contributed by atoms with Gasteiger partial charge in [-0.3, -0.25) is 19.2 Å². The molecular formula is C32H44N4O7S. The Morgan fingerprint density at radius 1 is 1.11 bits per heavy atom. The van der Waals surface area contributed by atoms with E-state index in [0.29, 0.717) is 31.4 Å². The molecule has 1 saturated carbocycles. The van der Waals surface area contributed by atoms with Crippen molar-refractivity contribution in [1.29, 1.82) is 0 Å². The number of likely N-dealkylation sites (tertiary alicyclic amines) is 1. The average molecular weight is 629 g/mol. The van der Waals surface area contributed by atoms with Gasteiger partial charge in [-0.2, -0.15) is 0 Å². The Morgan fingerprint density at radius 3 is 2.36 bits per heavy atom. The third-order valence-corrected chi connectivity index (χ3v) is 9.47. The van der Waals surface area contributed by atoms with Crippen LogP contribution >= 0.6 is 11.3 Å². The Bertz CT molecular complexity index is 1380. The zero-order chi connectivity index (χ0) is 32.3. The molecule has 4 rings (SSSR count). The highest BCUT2D eigenvalue weighted by atomic mass is 32.1. The fraction of sp³-hybridized carbons (Fsp3) is 0.594. The number of hydrogen-bond acceptors (Lipinski definition) is 8. The van der Waals surface area contributed by atoms with Crippen molar-refractivity contribution in [3.8, 4) is 16.2 Å². The summed E-state index contributed by atoms with van der Waals surface area (Å²) in [5.41, 5.74) is 3.75. The number of amides is 3. The summed E-state index contributed by atoms with van der Waals surface area (Å²) < 4.78 is 6.50. The lowest BCUT2D eigenvalue weighted by molar-refractivity contribution is -0.144. The molecule has 0 unspecified atom stereocenters. The number of rotatable bonds is 9. The van der Waals surface area contributed by atoms with E-state index >= 15 is 0 Å². The van der Waals surface area contributed by atoms with Crippen LogP contribution in [0.15, 0.2) is 23.7 Å². The van der Waals surface area contributed by atoms with Gasteiger partial charge in [0.25, 0.3) is 0 Å². The molecule has 3 amide bonds. The minimum absolute atomic E-state index is 0.00621. The summed E-state index contributed by atoms with van der Waals surface area (Å²) in [6, 6.07) is 3.54. The molecule has 0 radical (unpaired) electrons. The number of aryl methyl sites for hydroxylation is 1. The molecule has 1 aliphatic carbocycles. The molecule has 4 atom stereocenters. The molecule has 1 aromatic heterocycles. The maximum absolute atomic E-state index is 13.7. The third-order valence-electron chi connectivity index (χ3n) is 8.49. The number of hydrogen-bond donors (Lipinski definition) is 4.